The van der Waals surface area contributed by atoms with Crippen LogP contribution in [0.1, 0.15) is 11.1 Å². The first-order chi connectivity index (χ1) is 19.0. The van der Waals surface area contributed by atoms with Gasteiger partial charge in [0.05, 0.1) is 18.5 Å². The number of esters is 1. The fourth-order valence-electron chi connectivity index (χ4n) is 4.37. The van der Waals surface area contributed by atoms with E-state index in [1.165, 1.54) is 25.3 Å². The highest BCUT2D eigenvalue weighted by molar-refractivity contribution is 5.96. The molecule has 1 amide bonds. The molecule has 7 heteroatoms. The number of hydrogen-bond donors (Lipinski definition) is 2. The van der Waals surface area contributed by atoms with Crippen LogP contribution in [0.5, 0.6) is 5.75 Å². The van der Waals surface area contributed by atoms with E-state index in [4.69, 9.17) is 9.84 Å². The molecular weight excluding hydrogens is 490 g/mol. The third kappa shape index (κ3) is 6.05. The number of hydrogen-bond acceptors (Lipinski definition) is 5. The molecule has 1 heterocycles. The second kappa shape index (κ2) is 11.5. The van der Waals surface area contributed by atoms with E-state index in [0.717, 1.165) is 38.8 Å². The average molecular weight is 518 g/mol. The average Bonchev–Trinajstić information content (AvgIpc) is 3.41. The summed E-state index contributed by atoms with van der Waals surface area (Å²) in [7, 11) is 1.28. The fourth-order valence-corrected chi connectivity index (χ4v) is 4.37. The summed E-state index contributed by atoms with van der Waals surface area (Å²) in [4.78, 5) is 25.3. The predicted molar refractivity (Wildman–Crippen MR) is 151 cm³/mol. The van der Waals surface area contributed by atoms with E-state index in [9.17, 15) is 14.7 Å². The summed E-state index contributed by atoms with van der Waals surface area (Å²) in [5.41, 5.74) is 4.06. The molecule has 0 spiro atoms. The highest BCUT2D eigenvalue weighted by Gasteiger charge is 2.21. The van der Waals surface area contributed by atoms with Crippen LogP contribution in [-0.4, -0.2) is 39.9 Å². The first-order valence-corrected chi connectivity index (χ1v) is 12.5. The van der Waals surface area contributed by atoms with Gasteiger partial charge in [0.1, 0.15) is 11.8 Å². The first-order valence-electron chi connectivity index (χ1n) is 12.5. The quantitative estimate of drug-likeness (QED) is 0.215. The van der Waals surface area contributed by atoms with E-state index in [-0.39, 0.29) is 12.2 Å². The number of nitrogens with one attached hydrogen (secondary N) is 1. The van der Waals surface area contributed by atoms with Crippen molar-refractivity contribution in [2.45, 2.75) is 12.5 Å². The number of aromatic nitrogens is 2. The molecule has 0 saturated heterocycles. The molecule has 1 aromatic heterocycles. The molecule has 0 aliphatic heterocycles. The maximum Gasteiger partial charge on any atom is 0.328 e. The van der Waals surface area contributed by atoms with Gasteiger partial charge in [-0.05, 0) is 52.7 Å². The number of carbonyl (C=O) groups is 2. The van der Waals surface area contributed by atoms with Crippen LogP contribution in [0.3, 0.4) is 0 Å². The standard InChI is InChI=1S/C32H27N3O4/c1-39-32(38)29(19-22-11-16-28(36)17-12-22)33-30(37)18-15-26-21-35(27-9-3-2-4-10-27)34-31(26)25-14-13-23-7-5-6-8-24(23)20-25/h2-18,20-21,29,36H,19H2,1H3,(H,33,37)/b18-15+/t29-/m1/s1. The summed E-state index contributed by atoms with van der Waals surface area (Å²) in [6.07, 6.45) is 5.18. The number of rotatable bonds is 8. The minimum atomic E-state index is -0.885. The molecule has 5 aromatic rings. The van der Waals surface area contributed by atoms with Gasteiger partial charge in [0.2, 0.25) is 5.91 Å². The maximum atomic E-state index is 12.9. The van der Waals surface area contributed by atoms with Crippen LogP contribution in [0.25, 0.3) is 33.8 Å². The normalized spacial score (nSPS) is 11.9. The SMILES string of the molecule is COC(=O)[C@@H](Cc1ccc(O)cc1)NC(=O)/C=C/c1cn(-c2ccccc2)nc1-c1ccc2ccccc2c1. The Bertz CT molecular complexity index is 1640. The van der Waals surface area contributed by atoms with Crippen molar-refractivity contribution in [2.75, 3.05) is 7.11 Å². The molecule has 0 aliphatic carbocycles. The first kappa shape index (κ1) is 25.5. The zero-order valence-corrected chi connectivity index (χ0v) is 21.3. The van der Waals surface area contributed by atoms with Gasteiger partial charge in [0, 0.05) is 29.8 Å². The van der Waals surface area contributed by atoms with Gasteiger partial charge in [-0.1, -0.05) is 66.7 Å². The highest BCUT2D eigenvalue weighted by atomic mass is 16.5. The molecule has 194 valence electrons. The van der Waals surface area contributed by atoms with E-state index in [0.29, 0.717) is 0 Å². The Morgan fingerprint density at radius 1 is 0.949 bits per heavy atom. The number of phenols is 1. The summed E-state index contributed by atoms with van der Waals surface area (Å²) >= 11 is 0. The minimum Gasteiger partial charge on any atom is -0.508 e. The molecule has 2 N–H and O–H groups in total. The third-order valence-electron chi connectivity index (χ3n) is 6.38. The Hall–Kier alpha value is -5.17. The van der Waals surface area contributed by atoms with E-state index in [2.05, 4.69) is 29.6 Å². The number of methoxy groups -OCH3 is 1. The van der Waals surface area contributed by atoms with Crippen molar-refractivity contribution in [3.05, 3.63) is 120 Å². The summed E-state index contributed by atoms with van der Waals surface area (Å²) in [6, 6.07) is 29.6. The van der Waals surface area contributed by atoms with Crippen molar-refractivity contribution >= 4 is 28.7 Å². The molecule has 5 rings (SSSR count). The van der Waals surface area contributed by atoms with E-state index in [1.807, 2.05) is 54.7 Å². The van der Waals surface area contributed by atoms with Crippen molar-refractivity contribution in [1.29, 1.82) is 0 Å². The van der Waals surface area contributed by atoms with Gasteiger partial charge in [0.25, 0.3) is 0 Å². The Morgan fingerprint density at radius 2 is 1.67 bits per heavy atom. The largest absolute Gasteiger partial charge is 0.508 e. The molecule has 39 heavy (non-hydrogen) atoms. The van der Waals surface area contributed by atoms with Crippen LogP contribution < -0.4 is 5.32 Å². The summed E-state index contributed by atoms with van der Waals surface area (Å²) in [5.74, 6) is -0.877. The Morgan fingerprint density at radius 3 is 2.41 bits per heavy atom. The maximum absolute atomic E-state index is 12.9. The van der Waals surface area contributed by atoms with Gasteiger partial charge in [-0.2, -0.15) is 5.10 Å². The molecular formula is C32H27N3O4. The number of ether oxygens (including phenoxy) is 1. The lowest BCUT2D eigenvalue weighted by Gasteiger charge is -2.15. The monoisotopic (exact) mass is 517 g/mol. The van der Waals surface area contributed by atoms with Crippen molar-refractivity contribution < 1.29 is 19.4 Å². The number of fused-ring (bicyclic) bond motifs is 1. The second-order valence-electron chi connectivity index (χ2n) is 9.06. The number of benzene rings is 4. The second-order valence-corrected chi connectivity index (χ2v) is 9.06. The zero-order chi connectivity index (χ0) is 27.2. The Balaban J connectivity index is 1.43. The fraction of sp³-hybridized carbons (Fsp3) is 0.0938. The lowest BCUT2D eigenvalue weighted by atomic mass is 10.0. The van der Waals surface area contributed by atoms with Gasteiger partial charge in [0.15, 0.2) is 0 Å². The highest BCUT2D eigenvalue weighted by Crippen LogP contribution is 2.28. The lowest BCUT2D eigenvalue weighted by Crippen LogP contribution is -2.42. The molecule has 0 saturated carbocycles. The summed E-state index contributed by atoms with van der Waals surface area (Å²) in [6.45, 7) is 0. The predicted octanol–water partition coefficient (Wildman–Crippen LogP) is 5.31. The smallest absolute Gasteiger partial charge is 0.328 e. The Labute approximate surface area is 226 Å². The number of carbonyl (C=O) groups excluding carboxylic acids is 2. The number of nitrogens with zero attached hydrogens (tertiary/aromatic N) is 2. The van der Waals surface area contributed by atoms with Crippen LogP contribution >= 0.6 is 0 Å². The molecule has 0 fully saturated rings. The van der Waals surface area contributed by atoms with Crippen LogP contribution in [0.2, 0.25) is 0 Å². The number of aromatic hydroxyl groups is 1. The minimum absolute atomic E-state index is 0.124. The molecule has 4 aromatic carbocycles. The van der Waals surface area contributed by atoms with Gasteiger partial charge < -0.3 is 15.2 Å². The third-order valence-corrected chi connectivity index (χ3v) is 6.38. The molecule has 7 nitrogen and oxygen atoms in total. The van der Waals surface area contributed by atoms with Crippen molar-refractivity contribution in [1.82, 2.24) is 15.1 Å². The van der Waals surface area contributed by atoms with Crippen molar-refractivity contribution in [3.63, 3.8) is 0 Å². The van der Waals surface area contributed by atoms with E-state index in [1.54, 1.807) is 22.9 Å². The summed E-state index contributed by atoms with van der Waals surface area (Å²) < 4.78 is 6.68. The van der Waals surface area contributed by atoms with Gasteiger partial charge in [-0.15, -0.1) is 0 Å². The van der Waals surface area contributed by atoms with Crippen LogP contribution in [0, 0.1) is 0 Å². The zero-order valence-electron chi connectivity index (χ0n) is 21.3. The number of amides is 1. The number of phenolic OH excluding ortho intramolecular Hbond substituents is 1. The van der Waals surface area contributed by atoms with E-state index < -0.39 is 17.9 Å². The van der Waals surface area contributed by atoms with Crippen LogP contribution in [0.15, 0.2) is 109 Å². The topological polar surface area (TPSA) is 93.5 Å². The lowest BCUT2D eigenvalue weighted by molar-refractivity contribution is -0.144. The van der Waals surface area contributed by atoms with Crippen molar-refractivity contribution in [3.8, 4) is 22.7 Å². The molecule has 0 radical (unpaired) electrons. The van der Waals surface area contributed by atoms with Crippen LogP contribution in [-0.2, 0) is 20.7 Å². The van der Waals surface area contributed by atoms with E-state index >= 15 is 0 Å². The molecule has 1 atom stereocenters. The molecule has 0 bridgehead atoms. The Kier molecular flexibility index (Phi) is 7.50. The van der Waals surface area contributed by atoms with Crippen LogP contribution in [0.4, 0.5) is 0 Å². The molecule has 0 aliphatic rings. The molecule has 0 unspecified atom stereocenters. The van der Waals surface area contributed by atoms with Gasteiger partial charge >= 0.3 is 5.97 Å². The van der Waals surface area contributed by atoms with Gasteiger partial charge in [-0.25, -0.2) is 9.48 Å². The number of para-hydroxylation sites is 1. The van der Waals surface area contributed by atoms with Crippen molar-refractivity contribution in [2.24, 2.45) is 0 Å². The summed E-state index contributed by atoms with van der Waals surface area (Å²) in [5, 5.41) is 19.3. The van der Waals surface area contributed by atoms with Gasteiger partial charge in [-0.3, -0.25) is 4.79 Å².